The highest BCUT2D eigenvalue weighted by atomic mass is 16.5. The number of aromatic nitrogens is 2. The predicted octanol–water partition coefficient (Wildman–Crippen LogP) is 4.36. The first-order chi connectivity index (χ1) is 17.1. The Kier molecular flexibility index (Phi) is 6.30. The van der Waals surface area contributed by atoms with Crippen molar-refractivity contribution in [3.63, 3.8) is 0 Å². The van der Waals surface area contributed by atoms with Crippen molar-refractivity contribution >= 4 is 5.91 Å². The van der Waals surface area contributed by atoms with E-state index in [0.717, 1.165) is 22.4 Å². The maximum atomic E-state index is 13.2. The molecule has 4 aromatic rings. The smallest absolute Gasteiger partial charge is 0.253 e. The van der Waals surface area contributed by atoms with E-state index in [1.807, 2.05) is 79.7 Å². The van der Waals surface area contributed by atoms with Gasteiger partial charge in [-0.2, -0.15) is 0 Å². The molecule has 1 aromatic heterocycles. The minimum Gasteiger partial charge on any atom is -0.494 e. The first-order valence-electron chi connectivity index (χ1n) is 11.6. The molecule has 0 radical (unpaired) electrons. The molecule has 0 spiro atoms. The van der Waals surface area contributed by atoms with Crippen LogP contribution in [0.3, 0.4) is 0 Å². The zero-order valence-corrected chi connectivity index (χ0v) is 19.3. The van der Waals surface area contributed by atoms with Crippen LogP contribution in [0.1, 0.15) is 24.0 Å². The van der Waals surface area contributed by atoms with E-state index >= 15 is 0 Å². The molecule has 1 aliphatic rings. The average Bonchev–Trinajstić information content (AvgIpc) is 2.88. The van der Waals surface area contributed by atoms with Crippen LogP contribution in [-0.4, -0.2) is 28.6 Å². The van der Waals surface area contributed by atoms with Gasteiger partial charge >= 0.3 is 0 Å². The second kappa shape index (κ2) is 9.85. The molecule has 3 aromatic carbocycles. The molecule has 35 heavy (non-hydrogen) atoms. The molecular weight excluding hydrogens is 442 g/mol. The Balaban J connectivity index is 1.27. The quantitative estimate of drug-likeness (QED) is 0.437. The van der Waals surface area contributed by atoms with Gasteiger partial charge in [-0.3, -0.25) is 14.2 Å². The summed E-state index contributed by atoms with van der Waals surface area (Å²) in [5.41, 5.74) is 2.89. The van der Waals surface area contributed by atoms with Crippen molar-refractivity contribution in [3.05, 3.63) is 107 Å². The Morgan fingerprint density at radius 2 is 1.66 bits per heavy atom. The van der Waals surface area contributed by atoms with Gasteiger partial charge in [0, 0.05) is 35.8 Å². The molecular formula is C28H25N3O4. The van der Waals surface area contributed by atoms with Crippen LogP contribution in [0.2, 0.25) is 0 Å². The molecule has 176 valence electrons. The molecule has 2 heterocycles. The van der Waals surface area contributed by atoms with Crippen molar-refractivity contribution in [1.29, 1.82) is 0 Å². The second-order valence-electron chi connectivity index (χ2n) is 8.16. The van der Waals surface area contributed by atoms with Gasteiger partial charge in [0.2, 0.25) is 5.91 Å². The summed E-state index contributed by atoms with van der Waals surface area (Å²) in [5, 5.41) is 2.98. The van der Waals surface area contributed by atoms with Crippen LogP contribution in [0.25, 0.3) is 11.3 Å². The number of nitrogens with zero attached hydrogens (tertiary/aromatic N) is 2. The first kappa shape index (κ1) is 22.4. The van der Waals surface area contributed by atoms with Gasteiger partial charge in [-0.15, -0.1) is 0 Å². The van der Waals surface area contributed by atoms with Gasteiger partial charge < -0.3 is 14.8 Å². The lowest BCUT2D eigenvalue weighted by atomic mass is 9.87. The Bertz CT molecular complexity index is 1370. The number of hydrogen-bond donors (Lipinski definition) is 1. The number of para-hydroxylation sites is 2. The maximum absolute atomic E-state index is 13.2. The van der Waals surface area contributed by atoms with Gasteiger partial charge in [0.25, 0.3) is 5.56 Å². The fourth-order valence-electron chi connectivity index (χ4n) is 4.23. The zero-order chi connectivity index (χ0) is 24.2. The van der Waals surface area contributed by atoms with E-state index in [2.05, 4.69) is 10.3 Å². The molecule has 0 unspecified atom stereocenters. The molecule has 5 rings (SSSR count). The van der Waals surface area contributed by atoms with E-state index in [1.54, 1.807) is 0 Å². The standard InChI is InChI=1S/C28H25N3O4/c1-2-34-20-13-11-19(12-14-20)23-17-26(32)31(18-30-23)16-15-29-28(33)27-21-7-3-5-9-24(21)35-25-10-6-4-8-22(25)27/h3-14,17-18,27H,2,15-16H2,1H3,(H,29,33). The van der Waals surface area contributed by atoms with Crippen molar-refractivity contribution in [2.75, 3.05) is 13.2 Å². The van der Waals surface area contributed by atoms with Crippen LogP contribution in [-0.2, 0) is 11.3 Å². The third kappa shape index (κ3) is 4.66. The van der Waals surface area contributed by atoms with Gasteiger partial charge in [-0.05, 0) is 43.3 Å². The molecule has 1 amide bonds. The number of nitrogens with one attached hydrogen (secondary N) is 1. The highest BCUT2D eigenvalue weighted by molar-refractivity contribution is 5.89. The number of fused-ring (bicyclic) bond motifs is 2. The van der Waals surface area contributed by atoms with Crippen LogP contribution >= 0.6 is 0 Å². The molecule has 0 atom stereocenters. The molecule has 1 N–H and O–H groups in total. The van der Waals surface area contributed by atoms with Crippen LogP contribution in [0.15, 0.2) is 90.0 Å². The van der Waals surface area contributed by atoms with Crippen LogP contribution < -0.4 is 20.3 Å². The first-order valence-corrected chi connectivity index (χ1v) is 11.6. The second-order valence-corrected chi connectivity index (χ2v) is 8.16. The number of ether oxygens (including phenoxy) is 2. The Morgan fingerprint density at radius 1 is 1.00 bits per heavy atom. The molecule has 0 saturated heterocycles. The highest BCUT2D eigenvalue weighted by Gasteiger charge is 2.32. The number of rotatable bonds is 7. The number of benzene rings is 3. The molecule has 0 saturated carbocycles. The fourth-order valence-corrected chi connectivity index (χ4v) is 4.23. The summed E-state index contributed by atoms with van der Waals surface area (Å²) in [7, 11) is 0. The van der Waals surface area contributed by atoms with E-state index in [-0.39, 0.29) is 11.5 Å². The van der Waals surface area contributed by atoms with Gasteiger partial charge in [0.05, 0.1) is 24.5 Å². The summed E-state index contributed by atoms with van der Waals surface area (Å²) in [6.07, 6.45) is 1.51. The topological polar surface area (TPSA) is 82.5 Å². The average molecular weight is 468 g/mol. The summed E-state index contributed by atoms with van der Waals surface area (Å²) in [5.74, 6) is 1.51. The number of hydrogen-bond acceptors (Lipinski definition) is 5. The summed E-state index contributed by atoms with van der Waals surface area (Å²) >= 11 is 0. The van der Waals surface area contributed by atoms with Crippen molar-refractivity contribution in [2.24, 2.45) is 0 Å². The summed E-state index contributed by atoms with van der Waals surface area (Å²) in [6.45, 7) is 3.13. The number of carbonyl (C=O) groups excluding carboxylic acids is 1. The van der Waals surface area contributed by atoms with E-state index < -0.39 is 5.92 Å². The van der Waals surface area contributed by atoms with Crippen LogP contribution in [0.5, 0.6) is 17.2 Å². The maximum Gasteiger partial charge on any atom is 0.253 e. The summed E-state index contributed by atoms with van der Waals surface area (Å²) in [4.78, 5) is 30.3. The van der Waals surface area contributed by atoms with E-state index in [0.29, 0.717) is 36.9 Å². The molecule has 0 bridgehead atoms. The lowest BCUT2D eigenvalue weighted by Gasteiger charge is -2.27. The summed E-state index contributed by atoms with van der Waals surface area (Å²) < 4.78 is 12.9. The SMILES string of the molecule is CCOc1ccc(-c2cc(=O)n(CCNC(=O)C3c4ccccc4Oc4ccccc43)cn2)cc1. The number of carbonyl (C=O) groups is 1. The van der Waals surface area contributed by atoms with Gasteiger partial charge in [-0.25, -0.2) is 4.98 Å². The fraction of sp³-hybridized carbons (Fsp3) is 0.179. The Labute approximate surface area is 203 Å². The molecule has 7 nitrogen and oxygen atoms in total. The van der Waals surface area contributed by atoms with Gasteiger partial charge in [0.15, 0.2) is 0 Å². The minimum absolute atomic E-state index is 0.139. The third-order valence-electron chi connectivity index (χ3n) is 5.93. The van der Waals surface area contributed by atoms with Gasteiger partial charge in [0.1, 0.15) is 17.2 Å². The largest absolute Gasteiger partial charge is 0.494 e. The van der Waals surface area contributed by atoms with E-state index in [4.69, 9.17) is 9.47 Å². The lowest BCUT2D eigenvalue weighted by molar-refractivity contribution is -0.121. The molecule has 0 aliphatic carbocycles. The van der Waals surface area contributed by atoms with Crippen LogP contribution in [0.4, 0.5) is 0 Å². The third-order valence-corrected chi connectivity index (χ3v) is 5.93. The van der Waals surface area contributed by atoms with E-state index in [9.17, 15) is 9.59 Å². The predicted molar refractivity (Wildman–Crippen MR) is 133 cm³/mol. The Morgan fingerprint density at radius 3 is 2.29 bits per heavy atom. The van der Waals surface area contributed by atoms with Crippen molar-refractivity contribution in [2.45, 2.75) is 19.4 Å². The van der Waals surface area contributed by atoms with Crippen molar-refractivity contribution in [3.8, 4) is 28.5 Å². The molecule has 0 fully saturated rings. The van der Waals surface area contributed by atoms with Gasteiger partial charge in [-0.1, -0.05) is 36.4 Å². The molecule has 7 heteroatoms. The highest BCUT2D eigenvalue weighted by Crippen LogP contribution is 2.43. The monoisotopic (exact) mass is 467 g/mol. The van der Waals surface area contributed by atoms with Crippen molar-refractivity contribution in [1.82, 2.24) is 14.9 Å². The number of amides is 1. The van der Waals surface area contributed by atoms with E-state index in [1.165, 1.54) is 17.0 Å². The summed E-state index contributed by atoms with van der Waals surface area (Å²) in [6, 6.07) is 24.1. The lowest BCUT2D eigenvalue weighted by Crippen LogP contribution is -2.35. The minimum atomic E-state index is -0.479. The van der Waals surface area contributed by atoms with Crippen LogP contribution in [0, 0.1) is 0 Å². The molecule has 1 aliphatic heterocycles. The Hall–Kier alpha value is -4.39. The normalized spacial score (nSPS) is 12.3. The zero-order valence-electron chi connectivity index (χ0n) is 19.3. The van der Waals surface area contributed by atoms with Crippen molar-refractivity contribution < 1.29 is 14.3 Å².